The molecule has 1 heterocycles. The van der Waals surface area contributed by atoms with E-state index >= 15 is 0 Å². The number of nitrogens with one attached hydrogen (secondary N) is 1. The summed E-state index contributed by atoms with van der Waals surface area (Å²) in [5, 5.41) is 11.9. The van der Waals surface area contributed by atoms with Crippen molar-refractivity contribution in [2.24, 2.45) is 0 Å². The lowest BCUT2D eigenvalue weighted by molar-refractivity contribution is 0.115. The van der Waals surface area contributed by atoms with E-state index in [4.69, 9.17) is 5.26 Å². The van der Waals surface area contributed by atoms with Crippen molar-refractivity contribution in [2.45, 2.75) is 31.7 Å². The second kappa shape index (κ2) is 6.80. The zero-order valence-corrected chi connectivity index (χ0v) is 12.8. The first-order valence-corrected chi connectivity index (χ1v) is 8.07. The monoisotopic (exact) mass is 298 g/mol. The predicted octanol–water partition coefficient (Wildman–Crippen LogP) is 2.65. The highest BCUT2D eigenvalue weighted by Gasteiger charge is 2.27. The standard InChI is InChI=1S/C17H22N4O/c18-13-14-5-1-4-8-16(14)19-17(22)21-11-9-20(10-12-21)15-6-2-3-7-15/h1,4-5,8,15H,2-3,6-7,9-12H2,(H,19,22). The van der Waals surface area contributed by atoms with E-state index in [1.165, 1.54) is 25.7 Å². The van der Waals surface area contributed by atoms with Gasteiger partial charge in [-0.25, -0.2) is 4.79 Å². The van der Waals surface area contributed by atoms with E-state index in [0.717, 1.165) is 32.2 Å². The summed E-state index contributed by atoms with van der Waals surface area (Å²) in [5.41, 5.74) is 1.09. The summed E-state index contributed by atoms with van der Waals surface area (Å²) in [5.74, 6) is 0. The van der Waals surface area contributed by atoms with Gasteiger partial charge in [-0.3, -0.25) is 4.90 Å². The third kappa shape index (κ3) is 3.23. The van der Waals surface area contributed by atoms with Crippen molar-refractivity contribution in [1.82, 2.24) is 9.80 Å². The van der Waals surface area contributed by atoms with Crippen molar-refractivity contribution in [2.75, 3.05) is 31.5 Å². The van der Waals surface area contributed by atoms with Crippen LogP contribution in [0.2, 0.25) is 0 Å². The van der Waals surface area contributed by atoms with Gasteiger partial charge in [0.25, 0.3) is 0 Å². The molecular weight excluding hydrogens is 276 g/mol. The number of amides is 2. The summed E-state index contributed by atoms with van der Waals surface area (Å²) in [7, 11) is 0. The van der Waals surface area contributed by atoms with Crippen LogP contribution in [0.1, 0.15) is 31.2 Å². The topological polar surface area (TPSA) is 59.4 Å². The summed E-state index contributed by atoms with van der Waals surface area (Å²) in [4.78, 5) is 16.7. The molecule has 22 heavy (non-hydrogen) atoms. The molecule has 1 saturated heterocycles. The molecule has 1 aliphatic heterocycles. The molecule has 1 N–H and O–H groups in total. The minimum Gasteiger partial charge on any atom is -0.322 e. The van der Waals surface area contributed by atoms with Crippen molar-refractivity contribution in [1.29, 1.82) is 5.26 Å². The van der Waals surface area contributed by atoms with E-state index in [1.807, 2.05) is 11.0 Å². The number of piperazine rings is 1. The Balaban J connectivity index is 1.55. The summed E-state index contributed by atoms with van der Waals surface area (Å²) in [6, 6.07) is 9.84. The average molecular weight is 298 g/mol. The number of para-hydroxylation sites is 1. The van der Waals surface area contributed by atoms with Gasteiger partial charge in [0.15, 0.2) is 0 Å². The Labute approximate surface area is 131 Å². The molecule has 0 atom stereocenters. The molecule has 1 aromatic rings. The Morgan fingerprint density at radius 2 is 1.82 bits per heavy atom. The largest absolute Gasteiger partial charge is 0.322 e. The average Bonchev–Trinajstić information content (AvgIpc) is 3.10. The van der Waals surface area contributed by atoms with Crippen LogP contribution < -0.4 is 5.32 Å². The fourth-order valence-corrected chi connectivity index (χ4v) is 3.44. The summed E-state index contributed by atoms with van der Waals surface area (Å²) in [6.07, 6.45) is 5.30. The van der Waals surface area contributed by atoms with Gasteiger partial charge in [0, 0.05) is 32.2 Å². The van der Waals surface area contributed by atoms with Gasteiger partial charge in [-0.15, -0.1) is 0 Å². The molecule has 1 aliphatic carbocycles. The molecule has 2 aliphatic rings. The normalized spacial score (nSPS) is 19.9. The molecule has 1 aromatic carbocycles. The second-order valence-electron chi connectivity index (χ2n) is 6.05. The molecule has 2 amide bonds. The molecule has 2 fully saturated rings. The van der Waals surface area contributed by atoms with Crippen LogP contribution in [-0.2, 0) is 0 Å². The number of hydrogen-bond acceptors (Lipinski definition) is 3. The van der Waals surface area contributed by atoms with Crippen LogP contribution in [0.25, 0.3) is 0 Å². The molecule has 0 bridgehead atoms. The number of urea groups is 1. The zero-order valence-electron chi connectivity index (χ0n) is 12.8. The molecule has 0 aromatic heterocycles. The molecule has 116 valence electrons. The number of carbonyl (C=O) groups is 1. The van der Waals surface area contributed by atoms with E-state index in [-0.39, 0.29) is 6.03 Å². The molecule has 3 rings (SSSR count). The first-order chi connectivity index (χ1) is 10.8. The molecule has 1 saturated carbocycles. The van der Waals surface area contributed by atoms with Crippen molar-refractivity contribution in [3.8, 4) is 6.07 Å². The summed E-state index contributed by atoms with van der Waals surface area (Å²) in [6.45, 7) is 3.43. The van der Waals surface area contributed by atoms with Crippen molar-refractivity contribution in [3.05, 3.63) is 29.8 Å². The van der Waals surface area contributed by atoms with Crippen molar-refractivity contribution in [3.63, 3.8) is 0 Å². The van der Waals surface area contributed by atoms with Gasteiger partial charge in [-0.1, -0.05) is 25.0 Å². The van der Waals surface area contributed by atoms with Crippen LogP contribution in [0.5, 0.6) is 0 Å². The first kappa shape index (κ1) is 14.9. The lowest BCUT2D eigenvalue weighted by Gasteiger charge is -2.38. The fourth-order valence-electron chi connectivity index (χ4n) is 3.44. The van der Waals surface area contributed by atoms with E-state index in [2.05, 4.69) is 16.3 Å². The minimum absolute atomic E-state index is 0.103. The molecule has 5 nitrogen and oxygen atoms in total. The Hall–Kier alpha value is -2.06. The van der Waals surface area contributed by atoms with E-state index in [0.29, 0.717) is 11.3 Å². The smallest absolute Gasteiger partial charge is 0.321 e. The van der Waals surface area contributed by atoms with Gasteiger partial charge in [-0.05, 0) is 25.0 Å². The highest BCUT2D eigenvalue weighted by atomic mass is 16.2. The van der Waals surface area contributed by atoms with Gasteiger partial charge < -0.3 is 10.2 Å². The summed E-state index contributed by atoms with van der Waals surface area (Å²) >= 11 is 0. The maximum atomic E-state index is 12.4. The van der Waals surface area contributed by atoms with Gasteiger partial charge in [0.05, 0.1) is 11.3 Å². The van der Waals surface area contributed by atoms with Gasteiger partial charge >= 0.3 is 6.03 Å². The third-order valence-corrected chi connectivity index (χ3v) is 4.73. The van der Waals surface area contributed by atoms with Crippen molar-refractivity contribution >= 4 is 11.7 Å². The number of carbonyl (C=O) groups excluding carboxylic acids is 1. The number of hydrogen-bond donors (Lipinski definition) is 1. The maximum Gasteiger partial charge on any atom is 0.321 e. The van der Waals surface area contributed by atoms with Crippen LogP contribution >= 0.6 is 0 Å². The van der Waals surface area contributed by atoms with E-state index < -0.39 is 0 Å². The maximum absolute atomic E-state index is 12.4. The second-order valence-corrected chi connectivity index (χ2v) is 6.05. The Kier molecular flexibility index (Phi) is 4.59. The van der Waals surface area contributed by atoms with Crippen LogP contribution in [0, 0.1) is 11.3 Å². The SMILES string of the molecule is N#Cc1ccccc1NC(=O)N1CCN(C2CCCC2)CC1. The predicted molar refractivity (Wildman–Crippen MR) is 85.6 cm³/mol. The highest BCUT2D eigenvalue weighted by Crippen LogP contribution is 2.24. The lowest BCUT2D eigenvalue weighted by atomic mass is 10.2. The van der Waals surface area contributed by atoms with E-state index in [9.17, 15) is 4.79 Å². The first-order valence-electron chi connectivity index (χ1n) is 8.07. The Morgan fingerprint density at radius 1 is 1.14 bits per heavy atom. The molecule has 0 spiro atoms. The lowest BCUT2D eigenvalue weighted by Crippen LogP contribution is -2.52. The van der Waals surface area contributed by atoms with Crippen LogP contribution in [0.4, 0.5) is 10.5 Å². The third-order valence-electron chi connectivity index (χ3n) is 4.73. The molecule has 0 unspecified atom stereocenters. The van der Waals surface area contributed by atoms with Gasteiger partial charge in [0.2, 0.25) is 0 Å². The molecule has 5 heteroatoms. The number of rotatable bonds is 2. The number of anilines is 1. The van der Waals surface area contributed by atoms with E-state index in [1.54, 1.807) is 18.2 Å². The summed E-state index contributed by atoms with van der Waals surface area (Å²) < 4.78 is 0. The Morgan fingerprint density at radius 3 is 2.50 bits per heavy atom. The highest BCUT2D eigenvalue weighted by molar-refractivity contribution is 5.90. The molecule has 0 radical (unpaired) electrons. The number of nitriles is 1. The Bertz CT molecular complexity index is 566. The number of nitrogens with zero attached hydrogens (tertiary/aromatic N) is 3. The number of benzene rings is 1. The van der Waals surface area contributed by atoms with Crippen molar-refractivity contribution < 1.29 is 4.79 Å². The van der Waals surface area contributed by atoms with Crippen LogP contribution in [0.3, 0.4) is 0 Å². The quantitative estimate of drug-likeness (QED) is 0.913. The van der Waals surface area contributed by atoms with Gasteiger partial charge in [-0.2, -0.15) is 5.26 Å². The van der Waals surface area contributed by atoms with Crippen LogP contribution in [-0.4, -0.2) is 48.1 Å². The van der Waals surface area contributed by atoms with Crippen LogP contribution in [0.15, 0.2) is 24.3 Å². The fraction of sp³-hybridized carbons (Fsp3) is 0.529. The molecular formula is C17H22N4O. The van der Waals surface area contributed by atoms with Gasteiger partial charge in [0.1, 0.15) is 6.07 Å². The zero-order chi connectivity index (χ0) is 15.4. The minimum atomic E-state index is -0.103.